The zero-order valence-corrected chi connectivity index (χ0v) is 14.2. The normalized spacial score (nSPS) is 14.8. The van der Waals surface area contributed by atoms with Crippen molar-refractivity contribution in [1.82, 2.24) is 4.72 Å². The highest BCUT2D eigenvalue weighted by Crippen LogP contribution is 2.28. The summed E-state index contributed by atoms with van der Waals surface area (Å²) in [6, 6.07) is 8.57. The van der Waals surface area contributed by atoms with E-state index in [1.165, 1.54) is 25.3 Å². The molecule has 5 nitrogen and oxygen atoms in total. The highest BCUT2D eigenvalue weighted by Gasteiger charge is 2.22. The van der Waals surface area contributed by atoms with Crippen LogP contribution in [0.2, 0.25) is 0 Å². The SMILES string of the molecule is COc1ccc([C@H](C)NS(=O)(=O)c2ccc3c(c2)CCO3)cc1F. The molecule has 0 saturated heterocycles. The number of ether oxygens (including phenoxy) is 2. The van der Waals surface area contributed by atoms with Gasteiger partial charge >= 0.3 is 0 Å². The molecule has 0 unspecified atom stereocenters. The predicted octanol–water partition coefficient (Wildman–Crippen LogP) is 2.81. The van der Waals surface area contributed by atoms with Crippen molar-refractivity contribution in [3.05, 3.63) is 53.3 Å². The van der Waals surface area contributed by atoms with Crippen LogP contribution in [0.3, 0.4) is 0 Å². The largest absolute Gasteiger partial charge is 0.494 e. The van der Waals surface area contributed by atoms with E-state index in [1.54, 1.807) is 25.1 Å². The quantitative estimate of drug-likeness (QED) is 0.900. The number of nitrogens with one attached hydrogen (secondary N) is 1. The summed E-state index contributed by atoms with van der Waals surface area (Å²) in [6.07, 6.45) is 0.692. The lowest BCUT2D eigenvalue weighted by Gasteiger charge is -2.16. The fourth-order valence-electron chi connectivity index (χ4n) is 2.65. The lowest BCUT2D eigenvalue weighted by molar-refractivity contribution is 0.356. The summed E-state index contributed by atoms with van der Waals surface area (Å²) in [7, 11) is -2.34. The molecular formula is C17H18FNO4S. The minimum absolute atomic E-state index is 0.118. The number of methoxy groups -OCH3 is 1. The number of hydrogen-bond acceptors (Lipinski definition) is 4. The molecule has 0 fully saturated rings. The Morgan fingerprint density at radius 2 is 2.04 bits per heavy atom. The first kappa shape index (κ1) is 16.7. The van der Waals surface area contributed by atoms with Gasteiger partial charge in [-0.3, -0.25) is 0 Å². The molecule has 7 heteroatoms. The number of rotatable bonds is 5. The molecule has 0 aliphatic carbocycles. The van der Waals surface area contributed by atoms with E-state index in [4.69, 9.17) is 9.47 Å². The number of benzene rings is 2. The molecule has 1 aliphatic heterocycles. The van der Waals surface area contributed by atoms with Crippen molar-refractivity contribution >= 4 is 10.0 Å². The second-order valence-electron chi connectivity index (χ2n) is 5.60. The summed E-state index contributed by atoms with van der Waals surface area (Å²) in [5.41, 5.74) is 1.39. The van der Waals surface area contributed by atoms with Gasteiger partial charge in [-0.15, -0.1) is 0 Å². The Labute approximate surface area is 140 Å². The van der Waals surface area contributed by atoms with E-state index in [9.17, 15) is 12.8 Å². The minimum Gasteiger partial charge on any atom is -0.494 e. The topological polar surface area (TPSA) is 64.6 Å². The Bertz CT molecular complexity index is 867. The van der Waals surface area contributed by atoms with Crippen molar-refractivity contribution in [3.8, 4) is 11.5 Å². The van der Waals surface area contributed by atoms with Gasteiger partial charge in [0.2, 0.25) is 10.0 Å². The molecule has 0 aromatic heterocycles. The molecule has 0 saturated carbocycles. The summed E-state index contributed by atoms with van der Waals surface area (Å²) in [4.78, 5) is 0.174. The van der Waals surface area contributed by atoms with E-state index in [0.29, 0.717) is 18.6 Å². The third-order valence-electron chi connectivity index (χ3n) is 3.98. The Hall–Kier alpha value is -2.12. The third-order valence-corrected chi connectivity index (χ3v) is 5.52. The summed E-state index contributed by atoms with van der Waals surface area (Å²) in [5, 5.41) is 0. The van der Waals surface area contributed by atoms with Gasteiger partial charge in [0.05, 0.1) is 18.6 Å². The van der Waals surface area contributed by atoms with Crippen LogP contribution in [0.4, 0.5) is 4.39 Å². The Morgan fingerprint density at radius 1 is 1.25 bits per heavy atom. The molecule has 2 aromatic rings. The van der Waals surface area contributed by atoms with E-state index in [-0.39, 0.29) is 10.6 Å². The average Bonchev–Trinajstić information content (AvgIpc) is 3.02. The first-order chi connectivity index (χ1) is 11.4. The van der Waals surface area contributed by atoms with Crippen molar-refractivity contribution in [1.29, 1.82) is 0 Å². The molecule has 0 amide bonds. The number of fused-ring (bicyclic) bond motifs is 1. The van der Waals surface area contributed by atoms with E-state index in [2.05, 4.69) is 4.72 Å². The number of hydrogen-bond donors (Lipinski definition) is 1. The molecular weight excluding hydrogens is 333 g/mol. The summed E-state index contributed by atoms with van der Waals surface area (Å²) >= 11 is 0. The van der Waals surface area contributed by atoms with Gasteiger partial charge in [0.25, 0.3) is 0 Å². The van der Waals surface area contributed by atoms with Crippen LogP contribution >= 0.6 is 0 Å². The van der Waals surface area contributed by atoms with Crippen LogP contribution in [0.15, 0.2) is 41.3 Å². The minimum atomic E-state index is -3.72. The first-order valence-electron chi connectivity index (χ1n) is 7.52. The molecule has 0 spiro atoms. The molecule has 1 heterocycles. The van der Waals surface area contributed by atoms with Crippen molar-refractivity contribution in [2.24, 2.45) is 0 Å². The predicted molar refractivity (Wildman–Crippen MR) is 87.3 cm³/mol. The molecule has 3 rings (SSSR count). The molecule has 0 radical (unpaired) electrons. The summed E-state index contributed by atoms with van der Waals surface area (Å²) in [6.45, 7) is 2.23. The van der Waals surface area contributed by atoms with Gasteiger partial charge in [-0.2, -0.15) is 0 Å². The summed E-state index contributed by atoms with van der Waals surface area (Å²) < 4.78 is 51.7. The van der Waals surface area contributed by atoms with Gasteiger partial charge in [0, 0.05) is 12.5 Å². The monoisotopic (exact) mass is 351 g/mol. The number of halogens is 1. The lowest BCUT2D eigenvalue weighted by atomic mass is 10.1. The third kappa shape index (κ3) is 3.22. The van der Waals surface area contributed by atoms with Crippen LogP contribution in [0.25, 0.3) is 0 Å². The van der Waals surface area contributed by atoms with Gasteiger partial charge < -0.3 is 9.47 Å². The van der Waals surface area contributed by atoms with E-state index in [1.807, 2.05) is 0 Å². The van der Waals surface area contributed by atoms with Gasteiger partial charge in [-0.25, -0.2) is 17.5 Å². The average molecular weight is 351 g/mol. The van der Waals surface area contributed by atoms with E-state index >= 15 is 0 Å². The maximum absolute atomic E-state index is 13.8. The Morgan fingerprint density at radius 3 is 2.75 bits per heavy atom. The maximum atomic E-state index is 13.8. The van der Waals surface area contributed by atoms with Crippen LogP contribution < -0.4 is 14.2 Å². The molecule has 128 valence electrons. The lowest BCUT2D eigenvalue weighted by Crippen LogP contribution is -2.27. The number of sulfonamides is 1. The highest BCUT2D eigenvalue weighted by molar-refractivity contribution is 7.89. The van der Waals surface area contributed by atoms with Gasteiger partial charge in [-0.05, 0) is 48.4 Å². The van der Waals surface area contributed by atoms with Crippen LogP contribution in [0.5, 0.6) is 11.5 Å². The van der Waals surface area contributed by atoms with Crippen molar-refractivity contribution in [3.63, 3.8) is 0 Å². The zero-order valence-electron chi connectivity index (χ0n) is 13.4. The second-order valence-corrected chi connectivity index (χ2v) is 7.32. The Kier molecular flexibility index (Phi) is 4.47. The van der Waals surface area contributed by atoms with Crippen molar-refractivity contribution in [2.75, 3.05) is 13.7 Å². The molecule has 2 aromatic carbocycles. The second kappa shape index (κ2) is 6.41. The van der Waals surface area contributed by atoms with Crippen LogP contribution in [0, 0.1) is 5.82 Å². The standard InChI is InChI=1S/C17H18FNO4S/c1-11(12-3-5-17(22-2)15(18)10-12)19-24(20,21)14-4-6-16-13(9-14)7-8-23-16/h3-6,9-11,19H,7-8H2,1-2H3/t11-/m0/s1. The zero-order chi connectivity index (χ0) is 17.3. The first-order valence-corrected chi connectivity index (χ1v) is 9.00. The van der Waals surface area contributed by atoms with Crippen LogP contribution in [-0.2, 0) is 16.4 Å². The highest BCUT2D eigenvalue weighted by atomic mass is 32.2. The van der Waals surface area contributed by atoms with Crippen molar-refractivity contribution in [2.45, 2.75) is 24.3 Å². The molecule has 1 N–H and O–H groups in total. The molecule has 24 heavy (non-hydrogen) atoms. The van der Waals surface area contributed by atoms with Crippen LogP contribution in [-0.4, -0.2) is 22.1 Å². The van der Waals surface area contributed by atoms with E-state index < -0.39 is 21.9 Å². The molecule has 0 bridgehead atoms. The van der Waals surface area contributed by atoms with Gasteiger partial charge in [0.1, 0.15) is 5.75 Å². The smallest absolute Gasteiger partial charge is 0.241 e. The van der Waals surface area contributed by atoms with E-state index in [0.717, 1.165) is 11.3 Å². The van der Waals surface area contributed by atoms with Gasteiger partial charge in [0.15, 0.2) is 11.6 Å². The molecule has 1 atom stereocenters. The molecule has 1 aliphatic rings. The van der Waals surface area contributed by atoms with Gasteiger partial charge in [-0.1, -0.05) is 6.07 Å². The van der Waals surface area contributed by atoms with Crippen LogP contribution in [0.1, 0.15) is 24.1 Å². The summed E-state index contributed by atoms with van der Waals surface area (Å²) in [5.74, 6) is 0.308. The fraction of sp³-hybridized carbons (Fsp3) is 0.294. The van der Waals surface area contributed by atoms with Crippen molar-refractivity contribution < 1.29 is 22.3 Å². The Balaban J connectivity index is 1.82. The fourth-order valence-corrected chi connectivity index (χ4v) is 3.93. The maximum Gasteiger partial charge on any atom is 0.241 e.